The molecule has 1 N–H and O–H groups in total. The molecular formula is C21H20ClN5O4. The number of carbonyl (C=O) groups is 1. The van der Waals surface area contributed by atoms with E-state index < -0.39 is 5.97 Å². The largest absolute Gasteiger partial charge is 0.481 e. The Morgan fingerprint density at radius 3 is 2.84 bits per heavy atom. The van der Waals surface area contributed by atoms with E-state index in [9.17, 15) is 4.79 Å². The highest BCUT2D eigenvalue weighted by molar-refractivity contribution is 6.32. The van der Waals surface area contributed by atoms with Gasteiger partial charge in [-0.25, -0.2) is 4.98 Å². The molecule has 0 aliphatic carbocycles. The van der Waals surface area contributed by atoms with Gasteiger partial charge in [0.1, 0.15) is 5.02 Å². The van der Waals surface area contributed by atoms with E-state index in [0.717, 1.165) is 16.5 Å². The Morgan fingerprint density at radius 1 is 1.26 bits per heavy atom. The number of benzene rings is 1. The normalized spacial score (nSPS) is 11.4. The Bertz CT molecular complexity index is 1230. The number of carboxylic acid groups (broad SMARTS) is 1. The van der Waals surface area contributed by atoms with Crippen LogP contribution in [-0.2, 0) is 11.3 Å². The topological polar surface area (TPSA) is 116 Å². The number of hydrogen-bond donors (Lipinski definition) is 1. The Balaban J connectivity index is 1.55. The SMILES string of the molecule is CC(C)Oc1ncc(-c2nc(-c3ccc4c(cnn4CCCC(=O)O)c3)no2)cc1Cl. The fraction of sp³-hybridized carbons (Fsp3) is 0.286. The molecular weight excluding hydrogens is 422 g/mol. The zero-order chi connectivity index (χ0) is 22.0. The lowest BCUT2D eigenvalue weighted by Crippen LogP contribution is -2.07. The molecule has 0 aliphatic heterocycles. The minimum absolute atomic E-state index is 0.0395. The Hall–Kier alpha value is -3.46. The van der Waals surface area contributed by atoms with E-state index in [1.807, 2.05) is 32.0 Å². The number of aryl methyl sites for hydroxylation is 1. The molecule has 0 aliphatic rings. The first kappa shape index (κ1) is 20.8. The van der Waals surface area contributed by atoms with Crippen molar-refractivity contribution in [2.45, 2.75) is 39.3 Å². The summed E-state index contributed by atoms with van der Waals surface area (Å²) in [6.07, 6.45) is 3.89. The maximum absolute atomic E-state index is 10.7. The maximum Gasteiger partial charge on any atom is 0.303 e. The number of fused-ring (bicyclic) bond motifs is 1. The molecule has 3 heterocycles. The van der Waals surface area contributed by atoms with Crippen LogP contribution in [0.1, 0.15) is 26.7 Å². The minimum Gasteiger partial charge on any atom is -0.481 e. The minimum atomic E-state index is -0.815. The van der Waals surface area contributed by atoms with Gasteiger partial charge in [-0.3, -0.25) is 9.48 Å². The van der Waals surface area contributed by atoms with Crippen molar-refractivity contribution in [3.63, 3.8) is 0 Å². The first-order valence-corrected chi connectivity index (χ1v) is 10.1. The molecule has 0 unspecified atom stereocenters. The first-order chi connectivity index (χ1) is 14.9. The van der Waals surface area contributed by atoms with Crippen molar-refractivity contribution in [2.75, 3.05) is 0 Å². The summed E-state index contributed by atoms with van der Waals surface area (Å²) >= 11 is 6.25. The zero-order valence-electron chi connectivity index (χ0n) is 16.9. The number of carboxylic acids is 1. The van der Waals surface area contributed by atoms with Crippen LogP contribution in [0.15, 0.2) is 41.2 Å². The third-order valence-corrected chi connectivity index (χ3v) is 4.76. The molecule has 1 aromatic carbocycles. The number of hydrogen-bond acceptors (Lipinski definition) is 7. The summed E-state index contributed by atoms with van der Waals surface area (Å²) in [5.41, 5.74) is 2.27. The van der Waals surface area contributed by atoms with E-state index >= 15 is 0 Å². The highest BCUT2D eigenvalue weighted by Gasteiger charge is 2.15. The first-order valence-electron chi connectivity index (χ1n) is 9.74. The number of rotatable bonds is 8. The molecule has 4 aromatic rings. The van der Waals surface area contributed by atoms with Crippen molar-refractivity contribution in [3.05, 3.63) is 41.7 Å². The summed E-state index contributed by atoms with van der Waals surface area (Å²) in [6.45, 7) is 4.32. The lowest BCUT2D eigenvalue weighted by Gasteiger charge is -2.09. The Morgan fingerprint density at radius 2 is 2.10 bits per heavy atom. The molecule has 0 radical (unpaired) electrons. The van der Waals surface area contributed by atoms with Crippen LogP contribution in [0.4, 0.5) is 0 Å². The summed E-state index contributed by atoms with van der Waals surface area (Å²) in [6, 6.07) is 7.37. The van der Waals surface area contributed by atoms with Gasteiger partial charge in [0.15, 0.2) is 0 Å². The average molecular weight is 442 g/mol. The number of aromatic nitrogens is 5. The van der Waals surface area contributed by atoms with Gasteiger partial charge in [-0.15, -0.1) is 0 Å². The van der Waals surface area contributed by atoms with Crippen LogP contribution >= 0.6 is 11.6 Å². The van der Waals surface area contributed by atoms with Crippen LogP contribution in [0.3, 0.4) is 0 Å². The van der Waals surface area contributed by atoms with Crippen molar-refractivity contribution >= 4 is 28.5 Å². The van der Waals surface area contributed by atoms with Gasteiger partial charge in [-0.05, 0) is 44.5 Å². The molecule has 9 nitrogen and oxygen atoms in total. The fourth-order valence-electron chi connectivity index (χ4n) is 3.09. The van der Waals surface area contributed by atoms with Gasteiger partial charge in [0.2, 0.25) is 11.7 Å². The van der Waals surface area contributed by atoms with Crippen molar-refractivity contribution in [1.29, 1.82) is 0 Å². The summed E-state index contributed by atoms with van der Waals surface area (Å²) in [7, 11) is 0. The van der Waals surface area contributed by atoms with Gasteiger partial charge in [-0.2, -0.15) is 10.1 Å². The summed E-state index contributed by atoms with van der Waals surface area (Å²) in [4.78, 5) is 19.4. The molecule has 0 saturated heterocycles. The van der Waals surface area contributed by atoms with Crippen molar-refractivity contribution in [1.82, 2.24) is 24.9 Å². The quantitative estimate of drug-likeness (QED) is 0.426. The molecule has 0 fully saturated rings. The Labute approximate surface area is 182 Å². The average Bonchev–Trinajstić information content (AvgIpc) is 3.36. The van der Waals surface area contributed by atoms with Gasteiger partial charge < -0.3 is 14.4 Å². The molecule has 0 saturated carbocycles. The van der Waals surface area contributed by atoms with E-state index in [1.165, 1.54) is 0 Å². The maximum atomic E-state index is 10.7. The number of pyridine rings is 1. The van der Waals surface area contributed by atoms with E-state index in [1.54, 1.807) is 23.1 Å². The van der Waals surface area contributed by atoms with Crippen LogP contribution < -0.4 is 4.74 Å². The van der Waals surface area contributed by atoms with Crippen molar-refractivity contribution in [3.8, 4) is 28.7 Å². The zero-order valence-corrected chi connectivity index (χ0v) is 17.7. The Kier molecular flexibility index (Phi) is 5.85. The van der Waals surface area contributed by atoms with Gasteiger partial charge in [0.05, 0.1) is 23.4 Å². The number of aliphatic carboxylic acids is 1. The standard InChI is InChI=1S/C21H20ClN5O4/c1-12(2)30-21-16(22)9-15(10-23-21)20-25-19(26-31-20)13-5-6-17-14(8-13)11-24-27(17)7-3-4-18(28)29/h5-6,8-12H,3-4,7H2,1-2H3,(H,28,29). The van der Waals surface area contributed by atoms with Crippen LogP contribution in [0.2, 0.25) is 5.02 Å². The number of halogens is 1. The smallest absolute Gasteiger partial charge is 0.303 e. The summed E-state index contributed by atoms with van der Waals surface area (Å²) in [5, 5.41) is 18.5. The lowest BCUT2D eigenvalue weighted by atomic mass is 10.1. The third kappa shape index (κ3) is 4.66. The van der Waals surface area contributed by atoms with Crippen LogP contribution in [0, 0.1) is 0 Å². The highest BCUT2D eigenvalue weighted by atomic mass is 35.5. The predicted octanol–water partition coefficient (Wildman–Crippen LogP) is 4.45. The molecule has 0 bridgehead atoms. The molecule has 10 heteroatoms. The van der Waals surface area contributed by atoms with E-state index in [2.05, 4.69) is 20.2 Å². The number of nitrogens with zero attached hydrogens (tertiary/aromatic N) is 5. The van der Waals surface area contributed by atoms with Crippen LogP contribution in [0.25, 0.3) is 33.7 Å². The molecule has 3 aromatic heterocycles. The summed E-state index contributed by atoms with van der Waals surface area (Å²) in [5.74, 6) is 0.260. The van der Waals surface area contributed by atoms with Gasteiger partial charge in [-0.1, -0.05) is 16.8 Å². The molecule has 4 rings (SSSR count). The van der Waals surface area contributed by atoms with Gasteiger partial charge in [0.25, 0.3) is 5.89 Å². The van der Waals surface area contributed by atoms with Gasteiger partial charge in [0, 0.05) is 30.1 Å². The number of ether oxygens (including phenoxy) is 1. The molecule has 0 spiro atoms. The van der Waals surface area contributed by atoms with E-state index in [4.69, 9.17) is 26.0 Å². The second kappa shape index (κ2) is 8.73. The molecule has 160 valence electrons. The van der Waals surface area contributed by atoms with Gasteiger partial charge >= 0.3 is 5.97 Å². The van der Waals surface area contributed by atoms with Crippen LogP contribution in [0.5, 0.6) is 5.88 Å². The summed E-state index contributed by atoms with van der Waals surface area (Å²) < 4.78 is 12.7. The van der Waals surface area contributed by atoms with Crippen molar-refractivity contribution in [2.24, 2.45) is 0 Å². The monoisotopic (exact) mass is 441 g/mol. The third-order valence-electron chi connectivity index (χ3n) is 4.49. The van der Waals surface area contributed by atoms with E-state index in [0.29, 0.717) is 41.1 Å². The molecule has 31 heavy (non-hydrogen) atoms. The predicted molar refractivity (Wildman–Crippen MR) is 114 cm³/mol. The van der Waals surface area contributed by atoms with E-state index in [-0.39, 0.29) is 12.5 Å². The molecule has 0 atom stereocenters. The van der Waals surface area contributed by atoms with Crippen molar-refractivity contribution < 1.29 is 19.2 Å². The second-order valence-corrected chi connectivity index (χ2v) is 7.65. The lowest BCUT2D eigenvalue weighted by molar-refractivity contribution is -0.137. The second-order valence-electron chi connectivity index (χ2n) is 7.24. The highest BCUT2D eigenvalue weighted by Crippen LogP contribution is 2.29. The molecule has 0 amide bonds. The fourth-order valence-corrected chi connectivity index (χ4v) is 3.31. The van der Waals surface area contributed by atoms with Crippen LogP contribution in [-0.4, -0.2) is 42.1 Å².